The predicted molar refractivity (Wildman–Crippen MR) is 99.0 cm³/mol. The Bertz CT molecular complexity index is 774. The summed E-state index contributed by atoms with van der Waals surface area (Å²) < 4.78 is 0. The van der Waals surface area contributed by atoms with Crippen molar-refractivity contribution in [1.29, 1.82) is 0 Å². The Morgan fingerprint density at radius 3 is 2.92 bits per heavy atom. The summed E-state index contributed by atoms with van der Waals surface area (Å²) in [6.45, 7) is 4.65. The first-order chi connectivity index (χ1) is 12.1. The minimum absolute atomic E-state index is 0.0194. The number of para-hydroxylation sites is 1. The second-order valence-electron chi connectivity index (χ2n) is 6.29. The molecule has 1 aliphatic rings. The largest absolute Gasteiger partial charge is 0.311 e. The predicted octanol–water partition coefficient (Wildman–Crippen LogP) is 3.50. The van der Waals surface area contributed by atoms with Crippen LogP contribution in [-0.4, -0.2) is 28.6 Å². The third-order valence-corrected chi connectivity index (χ3v) is 5.33. The Morgan fingerprint density at radius 1 is 1.36 bits per heavy atom. The van der Waals surface area contributed by atoms with Crippen LogP contribution >= 0.6 is 11.3 Å². The smallest absolute Gasteiger partial charge is 0.227 e. The summed E-state index contributed by atoms with van der Waals surface area (Å²) in [6, 6.07) is 7.88. The normalized spacial score (nSPS) is 17.1. The highest BCUT2D eigenvalue weighted by molar-refractivity contribution is 7.15. The lowest BCUT2D eigenvalue weighted by atomic mass is 10.1. The maximum atomic E-state index is 12.4. The molecular formula is C18H22N4O2S. The number of hydrogen-bond acceptors (Lipinski definition) is 5. The lowest BCUT2D eigenvalue weighted by Gasteiger charge is -2.18. The van der Waals surface area contributed by atoms with E-state index in [2.05, 4.69) is 15.5 Å². The van der Waals surface area contributed by atoms with Gasteiger partial charge in [0.15, 0.2) is 0 Å². The number of anilines is 2. The van der Waals surface area contributed by atoms with E-state index in [9.17, 15) is 9.59 Å². The molecule has 1 aromatic heterocycles. The van der Waals surface area contributed by atoms with Crippen molar-refractivity contribution in [2.45, 2.75) is 45.4 Å². The van der Waals surface area contributed by atoms with Gasteiger partial charge in [-0.25, -0.2) is 0 Å². The van der Waals surface area contributed by atoms with Crippen molar-refractivity contribution in [1.82, 2.24) is 10.2 Å². The van der Waals surface area contributed by atoms with Crippen LogP contribution in [0, 0.1) is 6.92 Å². The highest BCUT2D eigenvalue weighted by Gasteiger charge is 2.34. The Kier molecular flexibility index (Phi) is 5.43. The van der Waals surface area contributed by atoms with Gasteiger partial charge < -0.3 is 10.2 Å². The quantitative estimate of drug-likeness (QED) is 0.857. The lowest BCUT2D eigenvalue weighted by molar-refractivity contribution is -0.117. The lowest BCUT2D eigenvalue weighted by Crippen LogP contribution is -2.25. The van der Waals surface area contributed by atoms with E-state index in [0.29, 0.717) is 24.5 Å². The molecule has 1 saturated heterocycles. The minimum Gasteiger partial charge on any atom is -0.311 e. The van der Waals surface area contributed by atoms with Crippen LogP contribution < -0.4 is 10.2 Å². The number of amides is 2. The standard InChI is InChI=1S/C18H22N4O2S/c1-3-4-9-15(23)19-18-21-20-17(25-18)13-10-16(24)22(11-13)14-8-6-5-7-12(14)2/h5-8,13H,3-4,9-11H2,1-2H3,(H,19,21,23)/t13-/m0/s1. The van der Waals surface area contributed by atoms with E-state index in [1.54, 1.807) is 0 Å². The van der Waals surface area contributed by atoms with E-state index in [1.807, 2.05) is 43.0 Å². The average Bonchev–Trinajstić information content (AvgIpc) is 3.20. The van der Waals surface area contributed by atoms with Crippen LogP contribution in [0.4, 0.5) is 10.8 Å². The van der Waals surface area contributed by atoms with E-state index >= 15 is 0 Å². The van der Waals surface area contributed by atoms with Gasteiger partial charge in [-0.3, -0.25) is 9.59 Å². The molecule has 0 bridgehead atoms. The van der Waals surface area contributed by atoms with Crippen LogP contribution in [0.3, 0.4) is 0 Å². The number of nitrogens with one attached hydrogen (secondary N) is 1. The number of nitrogens with zero attached hydrogens (tertiary/aromatic N) is 3. The van der Waals surface area contributed by atoms with Gasteiger partial charge in [-0.2, -0.15) is 0 Å². The summed E-state index contributed by atoms with van der Waals surface area (Å²) in [7, 11) is 0. The zero-order valence-electron chi connectivity index (χ0n) is 14.5. The molecule has 1 atom stereocenters. The van der Waals surface area contributed by atoms with Crippen LogP contribution in [-0.2, 0) is 9.59 Å². The maximum absolute atomic E-state index is 12.4. The first-order valence-corrected chi connectivity index (χ1v) is 9.39. The fourth-order valence-corrected chi connectivity index (χ4v) is 3.79. The summed E-state index contributed by atoms with van der Waals surface area (Å²) in [4.78, 5) is 26.0. The SMILES string of the molecule is CCCCC(=O)Nc1nnc([C@H]2CC(=O)N(c3ccccc3C)C2)s1. The summed E-state index contributed by atoms with van der Waals surface area (Å²) in [5.74, 6) is 0.0857. The van der Waals surface area contributed by atoms with Gasteiger partial charge in [0.2, 0.25) is 16.9 Å². The van der Waals surface area contributed by atoms with Crippen molar-refractivity contribution < 1.29 is 9.59 Å². The van der Waals surface area contributed by atoms with Crippen molar-refractivity contribution in [2.75, 3.05) is 16.8 Å². The van der Waals surface area contributed by atoms with Crippen LogP contribution in [0.15, 0.2) is 24.3 Å². The fraction of sp³-hybridized carbons (Fsp3) is 0.444. The average molecular weight is 358 g/mol. The molecule has 1 N–H and O–H groups in total. The van der Waals surface area contributed by atoms with E-state index in [-0.39, 0.29) is 17.7 Å². The molecule has 1 fully saturated rings. The highest BCUT2D eigenvalue weighted by Crippen LogP contribution is 2.35. The van der Waals surface area contributed by atoms with E-state index < -0.39 is 0 Å². The Morgan fingerprint density at radius 2 is 2.16 bits per heavy atom. The number of carbonyl (C=O) groups is 2. The van der Waals surface area contributed by atoms with Gasteiger partial charge in [0.1, 0.15) is 5.01 Å². The fourth-order valence-electron chi connectivity index (χ4n) is 2.94. The molecule has 2 amide bonds. The van der Waals surface area contributed by atoms with Crippen molar-refractivity contribution in [3.05, 3.63) is 34.8 Å². The minimum atomic E-state index is -0.0337. The third kappa shape index (κ3) is 4.04. The van der Waals surface area contributed by atoms with Crippen molar-refractivity contribution in [3.63, 3.8) is 0 Å². The number of carbonyl (C=O) groups excluding carboxylic acids is 2. The second-order valence-corrected chi connectivity index (χ2v) is 7.30. The third-order valence-electron chi connectivity index (χ3n) is 4.32. The van der Waals surface area contributed by atoms with Crippen LogP contribution in [0.1, 0.15) is 49.1 Å². The van der Waals surface area contributed by atoms with Crippen molar-refractivity contribution >= 4 is 34.0 Å². The summed E-state index contributed by atoms with van der Waals surface area (Å²) in [5, 5.41) is 12.4. The van der Waals surface area contributed by atoms with Crippen molar-refractivity contribution in [3.8, 4) is 0 Å². The second kappa shape index (κ2) is 7.74. The molecule has 0 radical (unpaired) electrons. The first kappa shape index (κ1) is 17.5. The number of hydrogen-bond donors (Lipinski definition) is 1. The molecule has 2 aromatic rings. The van der Waals surface area contributed by atoms with E-state index in [1.165, 1.54) is 11.3 Å². The zero-order valence-corrected chi connectivity index (χ0v) is 15.3. The summed E-state index contributed by atoms with van der Waals surface area (Å²) in [6.07, 6.45) is 2.76. The number of unbranched alkanes of at least 4 members (excludes halogenated alkanes) is 1. The molecule has 132 valence electrons. The van der Waals surface area contributed by atoms with Gasteiger partial charge in [-0.05, 0) is 25.0 Å². The Hall–Kier alpha value is -2.28. The molecule has 0 saturated carbocycles. The topological polar surface area (TPSA) is 75.2 Å². The highest BCUT2D eigenvalue weighted by atomic mass is 32.1. The molecule has 6 nitrogen and oxygen atoms in total. The Balaban J connectivity index is 1.67. The molecule has 3 rings (SSSR count). The Labute approximate surface area is 151 Å². The monoisotopic (exact) mass is 358 g/mol. The van der Waals surface area contributed by atoms with E-state index in [0.717, 1.165) is 29.1 Å². The van der Waals surface area contributed by atoms with Crippen molar-refractivity contribution in [2.24, 2.45) is 0 Å². The van der Waals surface area contributed by atoms with E-state index in [4.69, 9.17) is 0 Å². The molecule has 2 heterocycles. The number of rotatable bonds is 6. The van der Waals surface area contributed by atoms with Gasteiger partial charge in [-0.15, -0.1) is 10.2 Å². The van der Waals surface area contributed by atoms with Gasteiger partial charge in [0, 0.05) is 31.0 Å². The molecule has 7 heteroatoms. The van der Waals surface area contributed by atoms with Gasteiger partial charge >= 0.3 is 0 Å². The zero-order chi connectivity index (χ0) is 17.8. The molecule has 0 spiro atoms. The van der Waals surface area contributed by atoms with Gasteiger partial charge in [0.05, 0.1) is 0 Å². The summed E-state index contributed by atoms with van der Waals surface area (Å²) in [5.41, 5.74) is 2.03. The first-order valence-electron chi connectivity index (χ1n) is 8.57. The van der Waals surface area contributed by atoms with Crippen LogP contribution in [0.25, 0.3) is 0 Å². The summed E-state index contributed by atoms with van der Waals surface area (Å²) >= 11 is 1.36. The number of benzene rings is 1. The molecule has 25 heavy (non-hydrogen) atoms. The molecule has 0 unspecified atom stereocenters. The van der Waals surface area contributed by atoms with Gasteiger partial charge in [-0.1, -0.05) is 42.9 Å². The number of aromatic nitrogens is 2. The van der Waals surface area contributed by atoms with Gasteiger partial charge in [0.25, 0.3) is 0 Å². The molecule has 0 aliphatic carbocycles. The molecule has 1 aromatic carbocycles. The van der Waals surface area contributed by atoms with Crippen LogP contribution in [0.2, 0.25) is 0 Å². The number of aryl methyl sites for hydroxylation is 1. The maximum Gasteiger partial charge on any atom is 0.227 e. The molecular weight excluding hydrogens is 336 g/mol. The van der Waals surface area contributed by atoms with Crippen LogP contribution in [0.5, 0.6) is 0 Å². The molecule has 1 aliphatic heterocycles.